The zero-order chi connectivity index (χ0) is 15.4. The van der Waals surface area contributed by atoms with Crippen LogP contribution in [0.1, 0.15) is 48.0 Å². The third-order valence-electron chi connectivity index (χ3n) is 4.12. The van der Waals surface area contributed by atoms with Gasteiger partial charge in [-0.1, -0.05) is 29.8 Å². The summed E-state index contributed by atoms with van der Waals surface area (Å²) in [6.07, 6.45) is 1.06. The van der Waals surface area contributed by atoms with Gasteiger partial charge in [0.25, 0.3) is 0 Å². The highest BCUT2D eigenvalue weighted by Crippen LogP contribution is 2.21. The standard InChI is InChI=1S/C18H27N3/c1-6-21-16(5)18(15(4)20-21)14(3)19-11-10-17-9-7-8-13(2)12-17/h7-9,12,14,19H,6,10-11H2,1-5H3. The van der Waals surface area contributed by atoms with Crippen LogP contribution < -0.4 is 5.32 Å². The summed E-state index contributed by atoms with van der Waals surface area (Å²) < 4.78 is 2.09. The summed E-state index contributed by atoms with van der Waals surface area (Å²) in [6, 6.07) is 9.08. The predicted octanol–water partition coefficient (Wildman–Crippen LogP) is 3.72. The summed E-state index contributed by atoms with van der Waals surface area (Å²) in [5.74, 6) is 0. The zero-order valence-corrected chi connectivity index (χ0v) is 13.9. The van der Waals surface area contributed by atoms with Gasteiger partial charge in [0.2, 0.25) is 0 Å². The Kier molecular flexibility index (Phi) is 5.18. The second kappa shape index (κ2) is 6.90. The summed E-state index contributed by atoms with van der Waals surface area (Å²) in [5, 5.41) is 8.24. The van der Waals surface area contributed by atoms with Crippen LogP contribution in [0.2, 0.25) is 0 Å². The molecule has 114 valence electrons. The van der Waals surface area contributed by atoms with Crippen LogP contribution in [0, 0.1) is 20.8 Å². The quantitative estimate of drug-likeness (QED) is 0.876. The van der Waals surface area contributed by atoms with Crippen molar-refractivity contribution in [2.24, 2.45) is 0 Å². The lowest BCUT2D eigenvalue weighted by Crippen LogP contribution is -2.22. The van der Waals surface area contributed by atoms with E-state index in [0.717, 1.165) is 25.2 Å². The molecule has 1 N–H and O–H groups in total. The molecule has 0 saturated carbocycles. The number of hydrogen-bond donors (Lipinski definition) is 1. The predicted molar refractivity (Wildman–Crippen MR) is 88.7 cm³/mol. The largest absolute Gasteiger partial charge is 0.310 e. The highest BCUT2D eigenvalue weighted by Gasteiger charge is 2.16. The van der Waals surface area contributed by atoms with Crippen molar-refractivity contribution in [1.29, 1.82) is 0 Å². The third-order valence-corrected chi connectivity index (χ3v) is 4.12. The maximum atomic E-state index is 4.60. The van der Waals surface area contributed by atoms with Gasteiger partial charge >= 0.3 is 0 Å². The van der Waals surface area contributed by atoms with E-state index in [2.05, 4.69) is 74.0 Å². The molecule has 0 fully saturated rings. The van der Waals surface area contributed by atoms with Crippen LogP contribution in [0.15, 0.2) is 24.3 Å². The van der Waals surface area contributed by atoms with Gasteiger partial charge in [-0.15, -0.1) is 0 Å². The van der Waals surface area contributed by atoms with Crippen LogP contribution >= 0.6 is 0 Å². The van der Waals surface area contributed by atoms with E-state index in [1.165, 1.54) is 22.4 Å². The smallest absolute Gasteiger partial charge is 0.0644 e. The molecule has 2 rings (SSSR count). The minimum Gasteiger partial charge on any atom is -0.310 e. The van der Waals surface area contributed by atoms with E-state index in [0.29, 0.717) is 6.04 Å². The van der Waals surface area contributed by atoms with E-state index < -0.39 is 0 Å². The van der Waals surface area contributed by atoms with Crippen LogP contribution in [0.25, 0.3) is 0 Å². The molecular weight excluding hydrogens is 258 g/mol. The van der Waals surface area contributed by atoms with Gasteiger partial charge in [0, 0.05) is 23.8 Å². The molecule has 0 saturated heterocycles. The Hall–Kier alpha value is -1.61. The van der Waals surface area contributed by atoms with Crippen molar-refractivity contribution in [3.05, 3.63) is 52.3 Å². The van der Waals surface area contributed by atoms with Crippen molar-refractivity contribution in [2.75, 3.05) is 6.54 Å². The molecule has 1 unspecified atom stereocenters. The molecule has 3 nitrogen and oxygen atoms in total. The van der Waals surface area contributed by atoms with E-state index in [9.17, 15) is 0 Å². The summed E-state index contributed by atoms with van der Waals surface area (Å²) in [4.78, 5) is 0. The molecule has 0 aliphatic rings. The SMILES string of the molecule is CCn1nc(C)c(C(C)NCCc2cccc(C)c2)c1C. The molecule has 0 spiro atoms. The molecule has 0 aliphatic heterocycles. The number of nitrogens with zero attached hydrogens (tertiary/aromatic N) is 2. The normalized spacial score (nSPS) is 12.6. The lowest BCUT2D eigenvalue weighted by molar-refractivity contribution is 0.568. The fraction of sp³-hybridized carbons (Fsp3) is 0.500. The Labute approximate surface area is 128 Å². The van der Waals surface area contributed by atoms with Gasteiger partial charge < -0.3 is 5.32 Å². The maximum absolute atomic E-state index is 4.60. The van der Waals surface area contributed by atoms with E-state index in [4.69, 9.17) is 0 Å². The number of aryl methyl sites for hydroxylation is 3. The zero-order valence-electron chi connectivity index (χ0n) is 13.9. The fourth-order valence-electron chi connectivity index (χ4n) is 3.05. The minimum absolute atomic E-state index is 0.343. The highest BCUT2D eigenvalue weighted by molar-refractivity contribution is 5.28. The maximum Gasteiger partial charge on any atom is 0.0644 e. The first-order chi connectivity index (χ1) is 10.0. The molecule has 0 aliphatic carbocycles. The van der Waals surface area contributed by atoms with E-state index >= 15 is 0 Å². The van der Waals surface area contributed by atoms with Crippen molar-refractivity contribution in [1.82, 2.24) is 15.1 Å². The second-order valence-electron chi connectivity index (χ2n) is 5.82. The van der Waals surface area contributed by atoms with Gasteiger partial charge in [-0.05, 0) is 53.1 Å². The average Bonchev–Trinajstić information content (AvgIpc) is 2.73. The van der Waals surface area contributed by atoms with Crippen LogP contribution in [-0.2, 0) is 13.0 Å². The molecule has 1 heterocycles. The Morgan fingerprint density at radius 3 is 2.62 bits per heavy atom. The summed E-state index contributed by atoms with van der Waals surface area (Å²) in [7, 11) is 0. The monoisotopic (exact) mass is 285 g/mol. The molecule has 0 radical (unpaired) electrons. The lowest BCUT2D eigenvalue weighted by Gasteiger charge is -2.15. The van der Waals surface area contributed by atoms with Gasteiger partial charge in [0.15, 0.2) is 0 Å². The minimum atomic E-state index is 0.343. The summed E-state index contributed by atoms with van der Waals surface area (Å²) in [5.41, 5.74) is 6.50. The van der Waals surface area contributed by atoms with Crippen molar-refractivity contribution < 1.29 is 0 Å². The molecule has 0 amide bonds. The van der Waals surface area contributed by atoms with Crippen LogP contribution in [-0.4, -0.2) is 16.3 Å². The molecule has 0 bridgehead atoms. The first-order valence-corrected chi connectivity index (χ1v) is 7.85. The molecule has 1 aromatic heterocycles. The van der Waals surface area contributed by atoms with Crippen LogP contribution in [0.5, 0.6) is 0 Å². The molecule has 1 aromatic carbocycles. The Bertz CT molecular complexity index is 599. The van der Waals surface area contributed by atoms with Crippen LogP contribution in [0.3, 0.4) is 0 Å². The molecule has 1 atom stereocenters. The fourth-order valence-corrected chi connectivity index (χ4v) is 3.05. The van der Waals surface area contributed by atoms with Crippen molar-refractivity contribution in [3.8, 4) is 0 Å². The number of rotatable bonds is 6. The number of nitrogens with one attached hydrogen (secondary N) is 1. The number of benzene rings is 1. The van der Waals surface area contributed by atoms with Crippen molar-refractivity contribution in [3.63, 3.8) is 0 Å². The summed E-state index contributed by atoms with van der Waals surface area (Å²) in [6.45, 7) is 12.7. The number of aromatic nitrogens is 2. The number of hydrogen-bond acceptors (Lipinski definition) is 2. The molecular formula is C18H27N3. The lowest BCUT2D eigenvalue weighted by atomic mass is 10.1. The van der Waals surface area contributed by atoms with Gasteiger partial charge in [0.1, 0.15) is 0 Å². The van der Waals surface area contributed by atoms with Gasteiger partial charge in [0.05, 0.1) is 5.69 Å². The van der Waals surface area contributed by atoms with Crippen LogP contribution in [0.4, 0.5) is 0 Å². The first kappa shape index (κ1) is 15.8. The van der Waals surface area contributed by atoms with E-state index in [1.54, 1.807) is 0 Å². The Morgan fingerprint density at radius 2 is 2.00 bits per heavy atom. The Balaban J connectivity index is 1.96. The first-order valence-electron chi connectivity index (χ1n) is 7.85. The molecule has 21 heavy (non-hydrogen) atoms. The molecule has 2 aromatic rings. The highest BCUT2D eigenvalue weighted by atomic mass is 15.3. The second-order valence-corrected chi connectivity index (χ2v) is 5.82. The molecule has 3 heteroatoms. The van der Waals surface area contributed by atoms with E-state index in [-0.39, 0.29) is 0 Å². The average molecular weight is 285 g/mol. The van der Waals surface area contributed by atoms with Gasteiger partial charge in [-0.2, -0.15) is 5.10 Å². The van der Waals surface area contributed by atoms with Gasteiger partial charge in [-0.3, -0.25) is 4.68 Å². The van der Waals surface area contributed by atoms with E-state index in [1.807, 2.05) is 0 Å². The van der Waals surface area contributed by atoms with Crippen molar-refractivity contribution in [2.45, 2.75) is 53.6 Å². The van der Waals surface area contributed by atoms with Gasteiger partial charge in [-0.25, -0.2) is 0 Å². The third kappa shape index (κ3) is 3.73. The summed E-state index contributed by atoms with van der Waals surface area (Å²) >= 11 is 0. The van der Waals surface area contributed by atoms with Crippen molar-refractivity contribution >= 4 is 0 Å². The topological polar surface area (TPSA) is 29.9 Å². The Morgan fingerprint density at radius 1 is 1.24 bits per heavy atom.